The first-order valence-electron chi connectivity index (χ1n) is 5.61. The normalized spacial score (nSPS) is 11.7. The molecule has 6 heteroatoms. The van der Waals surface area contributed by atoms with Crippen molar-refractivity contribution in [3.8, 4) is 0 Å². The minimum Gasteiger partial charge on any atom is -0.265 e. The van der Waals surface area contributed by atoms with Gasteiger partial charge < -0.3 is 0 Å². The molecule has 0 aliphatic carbocycles. The average Bonchev–Trinajstić information content (AvgIpc) is 2.40. The molecule has 2 aromatic rings. The Bertz CT molecular complexity index is 642. The highest BCUT2D eigenvalue weighted by molar-refractivity contribution is 7.89. The van der Waals surface area contributed by atoms with Gasteiger partial charge in [0.1, 0.15) is 5.82 Å². The van der Waals surface area contributed by atoms with Gasteiger partial charge in [0.2, 0.25) is 10.0 Å². The van der Waals surface area contributed by atoms with Crippen molar-refractivity contribution in [2.45, 2.75) is 11.4 Å². The zero-order valence-corrected chi connectivity index (χ0v) is 11.1. The largest absolute Gasteiger partial charge is 0.265 e. The minimum atomic E-state index is -3.61. The first-order chi connectivity index (χ1) is 9.00. The summed E-state index contributed by atoms with van der Waals surface area (Å²) in [6, 6.07) is 8.27. The van der Waals surface area contributed by atoms with Gasteiger partial charge in [-0.3, -0.25) is 4.98 Å². The third-order valence-electron chi connectivity index (χ3n) is 2.68. The maximum atomic E-state index is 12.8. The third-order valence-corrected chi connectivity index (χ3v) is 4.49. The monoisotopic (exact) mass is 280 g/mol. The van der Waals surface area contributed by atoms with Gasteiger partial charge in [0.15, 0.2) is 0 Å². The Labute approximate surface area is 111 Å². The second-order valence-electron chi connectivity index (χ2n) is 4.07. The number of rotatable bonds is 4. The molecule has 0 radical (unpaired) electrons. The van der Waals surface area contributed by atoms with Gasteiger partial charge in [-0.25, -0.2) is 12.8 Å². The summed E-state index contributed by atoms with van der Waals surface area (Å²) in [4.78, 5) is 3.95. The zero-order valence-electron chi connectivity index (χ0n) is 10.3. The molecule has 1 aromatic heterocycles. The van der Waals surface area contributed by atoms with E-state index in [1.807, 2.05) is 0 Å². The van der Waals surface area contributed by atoms with Crippen molar-refractivity contribution in [2.75, 3.05) is 7.05 Å². The predicted octanol–water partition coefficient (Wildman–Crippen LogP) is 2.04. The van der Waals surface area contributed by atoms with Gasteiger partial charge in [-0.05, 0) is 42.0 Å². The molecular formula is C13H13FN2O2S. The van der Waals surface area contributed by atoms with Crippen LogP contribution in [0.2, 0.25) is 0 Å². The lowest BCUT2D eigenvalue weighted by Gasteiger charge is -2.17. The highest BCUT2D eigenvalue weighted by Crippen LogP contribution is 2.16. The molecule has 0 spiro atoms. The number of halogens is 1. The first kappa shape index (κ1) is 13.6. The molecule has 0 unspecified atom stereocenters. The van der Waals surface area contributed by atoms with E-state index in [4.69, 9.17) is 0 Å². The molecule has 0 atom stereocenters. The van der Waals surface area contributed by atoms with Crippen molar-refractivity contribution in [3.05, 3.63) is 60.2 Å². The van der Waals surface area contributed by atoms with Gasteiger partial charge in [-0.1, -0.05) is 0 Å². The smallest absolute Gasteiger partial charge is 0.243 e. The van der Waals surface area contributed by atoms with Gasteiger partial charge >= 0.3 is 0 Å². The molecule has 4 nitrogen and oxygen atoms in total. The van der Waals surface area contributed by atoms with E-state index in [1.54, 1.807) is 24.5 Å². The van der Waals surface area contributed by atoms with Crippen LogP contribution in [0, 0.1) is 5.82 Å². The van der Waals surface area contributed by atoms with Crippen LogP contribution in [0.25, 0.3) is 0 Å². The second kappa shape index (κ2) is 5.46. The van der Waals surface area contributed by atoms with Crippen LogP contribution in [-0.4, -0.2) is 24.8 Å². The van der Waals surface area contributed by atoms with E-state index in [1.165, 1.54) is 23.5 Å². The molecule has 0 bridgehead atoms. The lowest BCUT2D eigenvalue weighted by atomic mass is 10.3. The Balaban J connectivity index is 2.22. The summed E-state index contributed by atoms with van der Waals surface area (Å²) in [5.41, 5.74) is 0.836. The molecule has 0 aliphatic heterocycles. The van der Waals surface area contributed by atoms with Crippen LogP contribution >= 0.6 is 0 Å². The number of nitrogens with zero attached hydrogens (tertiary/aromatic N) is 2. The Kier molecular flexibility index (Phi) is 3.92. The molecule has 0 amide bonds. The summed E-state index contributed by atoms with van der Waals surface area (Å²) in [5, 5.41) is 0. The Hall–Kier alpha value is -1.79. The quantitative estimate of drug-likeness (QED) is 0.861. The van der Waals surface area contributed by atoms with Crippen molar-refractivity contribution in [3.63, 3.8) is 0 Å². The van der Waals surface area contributed by atoms with E-state index in [-0.39, 0.29) is 11.4 Å². The second-order valence-corrected chi connectivity index (χ2v) is 6.12. The number of pyridine rings is 1. The summed E-state index contributed by atoms with van der Waals surface area (Å²) in [7, 11) is -2.12. The number of benzene rings is 1. The summed E-state index contributed by atoms with van der Waals surface area (Å²) in [6.07, 6.45) is 3.21. The van der Waals surface area contributed by atoms with Gasteiger partial charge in [0.05, 0.1) is 4.90 Å². The maximum Gasteiger partial charge on any atom is 0.243 e. The lowest BCUT2D eigenvalue weighted by molar-refractivity contribution is 0.466. The topological polar surface area (TPSA) is 50.3 Å². The Morgan fingerprint density at radius 3 is 2.26 bits per heavy atom. The summed E-state index contributed by atoms with van der Waals surface area (Å²) in [5.74, 6) is -0.462. The minimum absolute atomic E-state index is 0.0745. The molecule has 1 heterocycles. The van der Waals surface area contributed by atoms with Crippen LogP contribution in [0.4, 0.5) is 4.39 Å². The lowest BCUT2D eigenvalue weighted by Crippen LogP contribution is -2.26. The number of hydrogen-bond donors (Lipinski definition) is 0. The van der Waals surface area contributed by atoms with Crippen LogP contribution in [0.5, 0.6) is 0 Å². The molecule has 100 valence electrons. The van der Waals surface area contributed by atoms with Gasteiger partial charge in [0, 0.05) is 26.0 Å². The standard InChI is InChI=1S/C13H13FN2O2S/c1-16(10-11-6-8-15-9-7-11)19(17,18)13-4-2-12(14)3-5-13/h2-9H,10H2,1H3. The highest BCUT2D eigenvalue weighted by Gasteiger charge is 2.20. The average molecular weight is 280 g/mol. The third kappa shape index (κ3) is 3.15. The molecule has 0 saturated carbocycles. The fourth-order valence-corrected chi connectivity index (χ4v) is 2.78. The zero-order chi connectivity index (χ0) is 13.9. The molecule has 1 aromatic carbocycles. The predicted molar refractivity (Wildman–Crippen MR) is 69.3 cm³/mol. The summed E-state index contributed by atoms with van der Waals surface area (Å²) in [6.45, 7) is 0.238. The van der Waals surface area contributed by atoms with Crippen LogP contribution in [0.15, 0.2) is 53.7 Å². The van der Waals surface area contributed by atoms with Crippen molar-refractivity contribution in [1.29, 1.82) is 0 Å². The van der Waals surface area contributed by atoms with Crippen LogP contribution in [-0.2, 0) is 16.6 Å². The number of sulfonamides is 1. The molecule has 0 N–H and O–H groups in total. The van der Waals surface area contributed by atoms with Crippen molar-refractivity contribution >= 4 is 10.0 Å². The first-order valence-corrected chi connectivity index (χ1v) is 7.05. The van der Waals surface area contributed by atoms with Crippen molar-refractivity contribution in [1.82, 2.24) is 9.29 Å². The Morgan fingerprint density at radius 1 is 1.11 bits per heavy atom. The van der Waals surface area contributed by atoms with Crippen LogP contribution in [0.3, 0.4) is 0 Å². The van der Waals surface area contributed by atoms with E-state index in [0.717, 1.165) is 17.7 Å². The SMILES string of the molecule is CN(Cc1ccncc1)S(=O)(=O)c1ccc(F)cc1. The highest BCUT2D eigenvalue weighted by atomic mass is 32.2. The van der Waals surface area contributed by atoms with E-state index in [2.05, 4.69) is 4.98 Å². The Morgan fingerprint density at radius 2 is 1.68 bits per heavy atom. The fraction of sp³-hybridized carbons (Fsp3) is 0.154. The molecule has 19 heavy (non-hydrogen) atoms. The van der Waals surface area contributed by atoms with E-state index in [0.29, 0.717) is 0 Å². The van der Waals surface area contributed by atoms with Gasteiger partial charge in [0.25, 0.3) is 0 Å². The molecule has 2 rings (SSSR count). The summed E-state index contributed by atoms with van der Waals surface area (Å²) >= 11 is 0. The van der Waals surface area contributed by atoms with E-state index in [9.17, 15) is 12.8 Å². The van der Waals surface area contributed by atoms with Gasteiger partial charge in [-0.2, -0.15) is 4.31 Å². The molecule has 0 aliphatic rings. The summed E-state index contributed by atoms with van der Waals surface area (Å²) < 4.78 is 38.5. The fourth-order valence-electron chi connectivity index (χ4n) is 1.62. The molecular weight excluding hydrogens is 267 g/mol. The number of aromatic nitrogens is 1. The van der Waals surface area contributed by atoms with Crippen LogP contribution < -0.4 is 0 Å². The van der Waals surface area contributed by atoms with Gasteiger partial charge in [-0.15, -0.1) is 0 Å². The molecule has 0 fully saturated rings. The molecule has 0 saturated heterocycles. The maximum absolute atomic E-state index is 12.8. The van der Waals surface area contributed by atoms with E-state index >= 15 is 0 Å². The van der Waals surface area contributed by atoms with Crippen molar-refractivity contribution < 1.29 is 12.8 Å². The number of hydrogen-bond acceptors (Lipinski definition) is 3. The van der Waals surface area contributed by atoms with Crippen molar-refractivity contribution in [2.24, 2.45) is 0 Å². The van der Waals surface area contributed by atoms with E-state index < -0.39 is 15.8 Å². The van der Waals surface area contributed by atoms with Crippen LogP contribution in [0.1, 0.15) is 5.56 Å².